The molecule has 0 atom stereocenters. The lowest BCUT2D eigenvalue weighted by molar-refractivity contribution is -0.116. The molecule has 0 radical (unpaired) electrons. The van der Waals surface area contributed by atoms with E-state index in [0.29, 0.717) is 24.3 Å². The first-order valence-electron chi connectivity index (χ1n) is 5.69. The summed E-state index contributed by atoms with van der Waals surface area (Å²) in [6.07, 6.45) is 4.06. The summed E-state index contributed by atoms with van der Waals surface area (Å²) in [4.78, 5) is 15.8. The van der Waals surface area contributed by atoms with Crippen LogP contribution in [-0.4, -0.2) is 10.9 Å². The molecule has 0 aliphatic heterocycles. The van der Waals surface area contributed by atoms with Gasteiger partial charge < -0.3 is 15.5 Å². The highest BCUT2D eigenvalue weighted by Gasteiger charge is 2.07. The third-order valence-corrected chi connectivity index (χ3v) is 2.54. The molecule has 0 aliphatic rings. The van der Waals surface area contributed by atoms with Crippen molar-refractivity contribution in [3.05, 3.63) is 42.0 Å². The number of amides is 1. The first-order valence-corrected chi connectivity index (χ1v) is 5.69. The second-order valence-electron chi connectivity index (χ2n) is 4.06. The maximum absolute atomic E-state index is 11.7. The number of carbonyl (C=O) groups excluding carboxylic acids is 1. The highest BCUT2D eigenvalue weighted by Crippen LogP contribution is 2.14. The Bertz CT molecular complexity index is 535. The van der Waals surface area contributed by atoms with Crippen LogP contribution in [0.3, 0.4) is 0 Å². The zero-order chi connectivity index (χ0) is 13.0. The Kier molecular flexibility index (Phi) is 3.62. The molecule has 18 heavy (non-hydrogen) atoms. The van der Waals surface area contributed by atoms with Gasteiger partial charge in [0.25, 0.3) is 0 Å². The predicted octanol–water partition coefficient (Wildman–Crippen LogP) is 2.14. The van der Waals surface area contributed by atoms with Crippen molar-refractivity contribution in [2.45, 2.75) is 19.8 Å². The van der Waals surface area contributed by atoms with E-state index in [9.17, 15) is 4.79 Å². The van der Waals surface area contributed by atoms with Crippen LogP contribution in [0.2, 0.25) is 0 Å². The maximum atomic E-state index is 11.7. The maximum Gasteiger partial charge on any atom is 0.225 e. The van der Waals surface area contributed by atoms with E-state index in [1.54, 1.807) is 18.4 Å². The Morgan fingerprint density at radius 3 is 3.06 bits per heavy atom. The summed E-state index contributed by atoms with van der Waals surface area (Å²) in [6, 6.07) is 5.42. The number of nitrogens with zero attached hydrogens (tertiary/aromatic N) is 1. The van der Waals surface area contributed by atoms with Crippen LogP contribution in [-0.2, 0) is 11.2 Å². The quantitative estimate of drug-likeness (QED) is 0.864. The number of carbonyl (C=O) groups is 1. The van der Waals surface area contributed by atoms with Gasteiger partial charge in [-0.1, -0.05) is 0 Å². The minimum Gasteiger partial charge on any atom is -0.469 e. The van der Waals surface area contributed by atoms with E-state index in [1.165, 1.54) is 6.20 Å². The first-order chi connectivity index (χ1) is 8.65. The molecular weight excluding hydrogens is 230 g/mol. The van der Waals surface area contributed by atoms with Crippen molar-refractivity contribution in [1.82, 2.24) is 4.98 Å². The molecule has 2 aromatic heterocycles. The fourth-order valence-electron chi connectivity index (χ4n) is 1.61. The lowest BCUT2D eigenvalue weighted by atomic mass is 10.2. The summed E-state index contributed by atoms with van der Waals surface area (Å²) in [6.45, 7) is 1.85. The van der Waals surface area contributed by atoms with Gasteiger partial charge in [-0.3, -0.25) is 4.79 Å². The third kappa shape index (κ3) is 3.10. The molecule has 0 aromatic carbocycles. The normalized spacial score (nSPS) is 10.3. The minimum absolute atomic E-state index is 0.0910. The fraction of sp³-hybridized carbons (Fsp3) is 0.231. The number of anilines is 2. The van der Waals surface area contributed by atoms with Crippen molar-refractivity contribution < 1.29 is 9.21 Å². The van der Waals surface area contributed by atoms with E-state index < -0.39 is 0 Å². The first kappa shape index (κ1) is 12.2. The number of nitrogens with two attached hydrogens (primary N) is 1. The number of rotatable bonds is 4. The zero-order valence-electron chi connectivity index (χ0n) is 10.1. The number of aromatic nitrogens is 1. The van der Waals surface area contributed by atoms with Gasteiger partial charge in [0.1, 0.15) is 11.6 Å². The molecule has 5 heteroatoms. The molecule has 0 fully saturated rings. The van der Waals surface area contributed by atoms with Crippen LogP contribution in [0.15, 0.2) is 35.1 Å². The van der Waals surface area contributed by atoms with E-state index in [2.05, 4.69) is 10.3 Å². The Morgan fingerprint density at radius 2 is 2.39 bits per heavy atom. The molecule has 1 amide bonds. The van der Waals surface area contributed by atoms with Crippen LogP contribution in [0.5, 0.6) is 0 Å². The molecule has 0 saturated carbocycles. The van der Waals surface area contributed by atoms with Gasteiger partial charge in [0.15, 0.2) is 0 Å². The Balaban J connectivity index is 1.91. The largest absolute Gasteiger partial charge is 0.469 e. The Hall–Kier alpha value is -2.30. The standard InChI is InChI=1S/C13H15N3O2/c1-9-7-10(14)8-15-13(9)16-12(17)5-4-11-3-2-6-18-11/h2-3,6-8H,4-5,14H2,1H3,(H,15,16,17). The lowest BCUT2D eigenvalue weighted by Crippen LogP contribution is -2.14. The summed E-state index contributed by atoms with van der Waals surface area (Å²) in [5.41, 5.74) is 7.03. The molecule has 94 valence electrons. The summed E-state index contributed by atoms with van der Waals surface area (Å²) in [5.74, 6) is 1.26. The van der Waals surface area contributed by atoms with Gasteiger partial charge in [-0.2, -0.15) is 0 Å². The van der Waals surface area contributed by atoms with Gasteiger partial charge in [0.2, 0.25) is 5.91 Å². The Morgan fingerprint density at radius 1 is 1.56 bits per heavy atom. The molecule has 0 unspecified atom stereocenters. The molecule has 0 saturated heterocycles. The fourth-order valence-corrected chi connectivity index (χ4v) is 1.61. The summed E-state index contributed by atoms with van der Waals surface area (Å²) in [5, 5.41) is 2.75. The van der Waals surface area contributed by atoms with E-state index in [4.69, 9.17) is 10.2 Å². The smallest absolute Gasteiger partial charge is 0.225 e. The van der Waals surface area contributed by atoms with Crippen LogP contribution in [0, 0.1) is 6.92 Å². The number of hydrogen-bond acceptors (Lipinski definition) is 4. The van der Waals surface area contributed by atoms with E-state index in [-0.39, 0.29) is 5.91 Å². The summed E-state index contributed by atoms with van der Waals surface area (Å²) in [7, 11) is 0. The van der Waals surface area contributed by atoms with Crippen molar-refractivity contribution in [1.29, 1.82) is 0 Å². The summed E-state index contributed by atoms with van der Waals surface area (Å²) < 4.78 is 5.16. The highest BCUT2D eigenvalue weighted by atomic mass is 16.3. The van der Waals surface area contributed by atoms with Gasteiger partial charge >= 0.3 is 0 Å². The van der Waals surface area contributed by atoms with Crippen molar-refractivity contribution in [2.24, 2.45) is 0 Å². The topological polar surface area (TPSA) is 81.1 Å². The molecule has 0 spiro atoms. The minimum atomic E-state index is -0.0910. The van der Waals surface area contributed by atoms with Gasteiger partial charge in [0, 0.05) is 12.8 Å². The van der Waals surface area contributed by atoms with Crippen molar-refractivity contribution in [3.63, 3.8) is 0 Å². The molecule has 3 N–H and O–H groups in total. The van der Waals surface area contributed by atoms with Gasteiger partial charge in [-0.25, -0.2) is 4.98 Å². The average Bonchev–Trinajstić information content (AvgIpc) is 2.83. The summed E-state index contributed by atoms with van der Waals surface area (Å²) >= 11 is 0. The molecule has 2 rings (SSSR count). The van der Waals surface area contributed by atoms with Crippen molar-refractivity contribution in [2.75, 3.05) is 11.1 Å². The predicted molar refractivity (Wildman–Crippen MR) is 69.0 cm³/mol. The van der Waals surface area contributed by atoms with Crippen molar-refractivity contribution in [3.8, 4) is 0 Å². The van der Waals surface area contributed by atoms with Gasteiger partial charge in [-0.05, 0) is 30.7 Å². The molecular formula is C13H15N3O2. The number of nitrogens with one attached hydrogen (secondary N) is 1. The van der Waals surface area contributed by atoms with Crippen LogP contribution < -0.4 is 11.1 Å². The van der Waals surface area contributed by atoms with Gasteiger partial charge in [0.05, 0.1) is 18.1 Å². The third-order valence-electron chi connectivity index (χ3n) is 2.54. The van der Waals surface area contributed by atoms with Crippen LogP contribution in [0.1, 0.15) is 17.7 Å². The Labute approximate surface area is 105 Å². The second-order valence-corrected chi connectivity index (χ2v) is 4.06. The number of aryl methyl sites for hydroxylation is 2. The number of pyridine rings is 1. The van der Waals surface area contributed by atoms with E-state index in [1.807, 2.05) is 13.0 Å². The second kappa shape index (κ2) is 5.35. The van der Waals surface area contributed by atoms with Crippen LogP contribution in [0.4, 0.5) is 11.5 Å². The number of furan rings is 1. The molecule has 0 bridgehead atoms. The zero-order valence-corrected chi connectivity index (χ0v) is 10.1. The highest BCUT2D eigenvalue weighted by molar-refractivity contribution is 5.90. The molecule has 2 heterocycles. The van der Waals surface area contributed by atoms with E-state index >= 15 is 0 Å². The molecule has 2 aromatic rings. The van der Waals surface area contributed by atoms with Crippen molar-refractivity contribution >= 4 is 17.4 Å². The SMILES string of the molecule is Cc1cc(N)cnc1NC(=O)CCc1ccco1. The molecule has 0 aliphatic carbocycles. The van der Waals surface area contributed by atoms with Gasteiger partial charge in [-0.15, -0.1) is 0 Å². The average molecular weight is 245 g/mol. The lowest BCUT2D eigenvalue weighted by Gasteiger charge is -2.07. The molecule has 5 nitrogen and oxygen atoms in total. The van der Waals surface area contributed by atoms with E-state index in [0.717, 1.165) is 11.3 Å². The number of nitrogen functional groups attached to an aromatic ring is 1. The number of hydrogen-bond donors (Lipinski definition) is 2. The monoisotopic (exact) mass is 245 g/mol. The van der Waals surface area contributed by atoms with Crippen LogP contribution >= 0.6 is 0 Å². The van der Waals surface area contributed by atoms with Crippen LogP contribution in [0.25, 0.3) is 0 Å².